The van der Waals surface area contributed by atoms with E-state index in [-0.39, 0.29) is 0 Å². The number of fused-ring (bicyclic) bond motifs is 9. The number of nitrogens with zero attached hydrogens (tertiary/aromatic N) is 3. The smallest absolute Gasteiger partial charge is 0.160 e. The monoisotopic (exact) mass is 789 g/mol. The van der Waals surface area contributed by atoms with Crippen molar-refractivity contribution in [3.8, 4) is 67.3 Å². The summed E-state index contributed by atoms with van der Waals surface area (Å²) >= 11 is 0. The van der Waals surface area contributed by atoms with Gasteiger partial charge in [-0.2, -0.15) is 0 Å². The predicted octanol–water partition coefficient (Wildman–Crippen LogP) is 15.0. The number of hydrogen-bond acceptors (Lipinski definition) is 3. The van der Waals surface area contributed by atoms with Gasteiger partial charge < -0.3 is 4.90 Å². The number of aromatic nitrogens is 2. The van der Waals surface area contributed by atoms with Crippen molar-refractivity contribution in [3.05, 3.63) is 259 Å². The fourth-order valence-corrected chi connectivity index (χ4v) is 10.0. The van der Waals surface area contributed by atoms with Gasteiger partial charge in [0.25, 0.3) is 0 Å². The highest BCUT2D eigenvalue weighted by molar-refractivity contribution is 5.97. The quantitative estimate of drug-likeness (QED) is 0.168. The Balaban J connectivity index is 0.994. The Morgan fingerprint density at radius 3 is 1.32 bits per heavy atom. The van der Waals surface area contributed by atoms with Crippen molar-refractivity contribution in [2.45, 2.75) is 5.41 Å². The van der Waals surface area contributed by atoms with E-state index in [1.54, 1.807) is 0 Å². The third kappa shape index (κ3) is 5.59. The fraction of sp³-hybridized carbons (Fsp3) is 0.0169. The van der Waals surface area contributed by atoms with E-state index in [1.807, 2.05) is 12.1 Å². The summed E-state index contributed by atoms with van der Waals surface area (Å²) < 4.78 is 0. The van der Waals surface area contributed by atoms with Gasteiger partial charge in [0.05, 0.1) is 28.2 Å². The lowest BCUT2D eigenvalue weighted by Gasteiger charge is -2.45. The molecule has 0 bridgehead atoms. The van der Waals surface area contributed by atoms with Crippen molar-refractivity contribution in [2.75, 3.05) is 4.90 Å². The first kappa shape index (κ1) is 35.8. The van der Waals surface area contributed by atoms with Gasteiger partial charge >= 0.3 is 0 Å². The molecule has 1 aromatic heterocycles. The molecular weight excluding hydrogens is 751 g/mol. The summed E-state index contributed by atoms with van der Waals surface area (Å²) in [6, 6.07) is 85.3. The summed E-state index contributed by atoms with van der Waals surface area (Å²) in [7, 11) is 0. The van der Waals surface area contributed by atoms with Gasteiger partial charge in [0.15, 0.2) is 5.82 Å². The summed E-state index contributed by atoms with van der Waals surface area (Å²) in [5, 5.41) is 0. The highest BCUT2D eigenvalue weighted by Crippen LogP contribution is 2.63. The normalized spacial score (nSPS) is 12.9. The van der Waals surface area contributed by atoms with Crippen molar-refractivity contribution in [1.29, 1.82) is 0 Å². The van der Waals surface area contributed by atoms with Crippen LogP contribution in [0.5, 0.6) is 0 Å². The van der Waals surface area contributed by atoms with Crippen LogP contribution in [0.2, 0.25) is 0 Å². The number of para-hydroxylation sites is 3. The SMILES string of the molecule is c1ccc(-c2cc(-c3ccccc3)nc(-c3ccc(-c4ccccc4-c4ccc5c(c4)C4(c6ccccc6-5)c5ccccc5N(c5ccccc5)c5ccccc54)cc3)n2)cc1. The zero-order chi connectivity index (χ0) is 41.0. The van der Waals surface area contributed by atoms with Crippen molar-refractivity contribution >= 4 is 17.1 Å². The number of rotatable bonds is 6. The van der Waals surface area contributed by atoms with E-state index < -0.39 is 5.41 Å². The highest BCUT2D eigenvalue weighted by Gasteiger charge is 2.51. The Kier molecular flexibility index (Phi) is 8.39. The first-order valence-electron chi connectivity index (χ1n) is 21.2. The standard InChI is InChI=1S/C59H39N3/c1-4-18-41(19-5-1)54-39-55(42-20-6-2-7-21-42)61-58(60-54)43-34-32-40(33-35-43)46-24-10-11-25-47(46)44-36-37-49-48-26-12-13-27-50(48)59(53(49)38-44)51-28-14-16-30-56(51)62(45-22-8-3-9-23-45)57-31-17-15-29-52(57)59/h1-39H. The Labute approximate surface area is 361 Å². The lowest BCUT2D eigenvalue weighted by atomic mass is 9.64. The van der Waals surface area contributed by atoms with Gasteiger partial charge in [0.2, 0.25) is 0 Å². The molecule has 0 saturated heterocycles. The molecule has 290 valence electrons. The van der Waals surface area contributed by atoms with E-state index in [1.165, 1.54) is 61.4 Å². The van der Waals surface area contributed by atoms with Gasteiger partial charge in [-0.05, 0) is 92.0 Å². The van der Waals surface area contributed by atoms with E-state index in [9.17, 15) is 0 Å². The maximum Gasteiger partial charge on any atom is 0.160 e. The van der Waals surface area contributed by atoms with Gasteiger partial charge in [-0.1, -0.05) is 200 Å². The third-order valence-electron chi connectivity index (χ3n) is 12.7. The van der Waals surface area contributed by atoms with Crippen LogP contribution < -0.4 is 4.90 Å². The molecule has 9 aromatic carbocycles. The van der Waals surface area contributed by atoms with Gasteiger partial charge in [-0.25, -0.2) is 9.97 Å². The Hall–Kier alpha value is -8.14. The maximum atomic E-state index is 5.10. The lowest BCUT2D eigenvalue weighted by Crippen LogP contribution is -2.36. The molecular formula is C59H39N3. The van der Waals surface area contributed by atoms with Crippen LogP contribution in [0.4, 0.5) is 17.1 Å². The number of anilines is 3. The minimum Gasteiger partial charge on any atom is -0.310 e. The van der Waals surface area contributed by atoms with Gasteiger partial charge in [0, 0.05) is 22.4 Å². The molecule has 0 N–H and O–H groups in total. The minimum absolute atomic E-state index is 0.524. The highest BCUT2D eigenvalue weighted by atomic mass is 15.2. The largest absolute Gasteiger partial charge is 0.310 e. The number of benzene rings is 9. The minimum atomic E-state index is -0.524. The van der Waals surface area contributed by atoms with Crippen LogP contribution in [0.3, 0.4) is 0 Å². The number of hydrogen-bond donors (Lipinski definition) is 0. The molecule has 10 aromatic rings. The van der Waals surface area contributed by atoms with Crippen LogP contribution >= 0.6 is 0 Å². The Bertz CT molecular complexity index is 3180. The predicted molar refractivity (Wildman–Crippen MR) is 255 cm³/mol. The molecule has 0 unspecified atom stereocenters. The van der Waals surface area contributed by atoms with Crippen LogP contribution in [-0.2, 0) is 5.41 Å². The molecule has 1 aliphatic heterocycles. The molecule has 12 rings (SSSR count). The van der Waals surface area contributed by atoms with Crippen LogP contribution in [0.1, 0.15) is 22.3 Å². The zero-order valence-electron chi connectivity index (χ0n) is 33.9. The van der Waals surface area contributed by atoms with Gasteiger partial charge in [0.1, 0.15) is 0 Å². The average Bonchev–Trinajstić information content (AvgIpc) is 3.65. The van der Waals surface area contributed by atoms with E-state index in [2.05, 4.69) is 229 Å². The Morgan fingerprint density at radius 2 is 0.726 bits per heavy atom. The van der Waals surface area contributed by atoms with Gasteiger partial charge in [-0.15, -0.1) is 0 Å². The molecule has 0 fully saturated rings. The second-order valence-corrected chi connectivity index (χ2v) is 16.1. The van der Waals surface area contributed by atoms with E-state index >= 15 is 0 Å². The summed E-state index contributed by atoms with van der Waals surface area (Å²) in [5.41, 5.74) is 20.3. The topological polar surface area (TPSA) is 29.0 Å². The Morgan fingerprint density at radius 1 is 0.290 bits per heavy atom. The second-order valence-electron chi connectivity index (χ2n) is 16.1. The third-order valence-corrected chi connectivity index (χ3v) is 12.7. The second kappa shape index (κ2) is 14.5. The lowest BCUT2D eigenvalue weighted by molar-refractivity contribution is 0.753. The molecule has 0 saturated carbocycles. The van der Waals surface area contributed by atoms with Crippen molar-refractivity contribution in [1.82, 2.24) is 9.97 Å². The molecule has 0 atom stereocenters. The van der Waals surface area contributed by atoms with Crippen molar-refractivity contribution in [3.63, 3.8) is 0 Å². The molecule has 1 spiro atoms. The van der Waals surface area contributed by atoms with Crippen LogP contribution in [0, 0.1) is 0 Å². The maximum absolute atomic E-state index is 5.10. The van der Waals surface area contributed by atoms with Crippen LogP contribution in [0.25, 0.3) is 67.3 Å². The van der Waals surface area contributed by atoms with E-state index in [0.717, 1.165) is 39.3 Å². The van der Waals surface area contributed by atoms with Crippen LogP contribution in [-0.4, -0.2) is 9.97 Å². The van der Waals surface area contributed by atoms with Gasteiger partial charge in [-0.3, -0.25) is 0 Å². The van der Waals surface area contributed by atoms with E-state index in [0.29, 0.717) is 5.82 Å². The van der Waals surface area contributed by atoms with Crippen molar-refractivity contribution in [2.24, 2.45) is 0 Å². The average molecular weight is 790 g/mol. The first-order valence-corrected chi connectivity index (χ1v) is 21.2. The van der Waals surface area contributed by atoms with Crippen LogP contribution in [0.15, 0.2) is 237 Å². The molecule has 1 aliphatic carbocycles. The first-order chi connectivity index (χ1) is 30.8. The zero-order valence-corrected chi connectivity index (χ0v) is 33.9. The molecule has 0 radical (unpaired) electrons. The van der Waals surface area contributed by atoms with E-state index in [4.69, 9.17) is 9.97 Å². The summed E-state index contributed by atoms with van der Waals surface area (Å²) in [6.45, 7) is 0. The summed E-state index contributed by atoms with van der Waals surface area (Å²) in [5.74, 6) is 0.701. The van der Waals surface area contributed by atoms with Crippen molar-refractivity contribution < 1.29 is 0 Å². The molecule has 0 amide bonds. The fourth-order valence-electron chi connectivity index (χ4n) is 10.0. The molecule has 62 heavy (non-hydrogen) atoms. The summed E-state index contributed by atoms with van der Waals surface area (Å²) in [6.07, 6.45) is 0. The summed E-state index contributed by atoms with van der Waals surface area (Å²) in [4.78, 5) is 12.6. The molecule has 3 heteroatoms. The molecule has 2 heterocycles. The molecule has 3 nitrogen and oxygen atoms in total. The molecule has 2 aliphatic rings.